The van der Waals surface area contributed by atoms with E-state index in [4.69, 9.17) is 46.2 Å². The second kappa shape index (κ2) is 15.4. The van der Waals surface area contributed by atoms with Crippen LogP contribution in [-0.4, -0.2) is 90.0 Å². The number of nitrogens with zero attached hydrogens (tertiary/aromatic N) is 7. The van der Waals surface area contributed by atoms with Gasteiger partial charge in [-0.3, -0.25) is 19.9 Å². The molecular weight excluding hydrogens is 737 g/mol. The molecule has 1 unspecified atom stereocenters. The van der Waals surface area contributed by atoms with E-state index in [1.54, 1.807) is 19.9 Å². The summed E-state index contributed by atoms with van der Waals surface area (Å²) in [6, 6.07) is 2.14. The van der Waals surface area contributed by atoms with Crippen molar-refractivity contribution in [2.45, 2.75) is 70.0 Å². The number of aromatic nitrogens is 7. The first-order chi connectivity index (χ1) is 23.8. The molecule has 2 bridgehead atoms. The number of aromatic amines is 1. The van der Waals surface area contributed by atoms with E-state index in [1.807, 2.05) is 6.07 Å². The molecule has 6 rings (SSSR count). The van der Waals surface area contributed by atoms with E-state index in [-0.39, 0.29) is 73.9 Å². The average Bonchev–Trinajstić information content (AvgIpc) is 3.75. The highest BCUT2D eigenvalue weighted by atomic mass is 32.5. The van der Waals surface area contributed by atoms with Crippen LogP contribution in [0.1, 0.15) is 45.6 Å². The fourth-order valence-electron chi connectivity index (χ4n) is 6.09. The van der Waals surface area contributed by atoms with Gasteiger partial charge < -0.3 is 32.8 Å². The monoisotopic (exact) mass is 772 g/mol. The minimum absolute atomic E-state index is 0.00105. The number of rotatable bonds is 8. The maximum absolute atomic E-state index is 16.0. The van der Waals surface area contributed by atoms with Crippen molar-refractivity contribution in [1.29, 1.82) is 5.26 Å². The number of anilines is 2. The van der Waals surface area contributed by atoms with Crippen LogP contribution in [0.5, 0.6) is 0 Å². The first-order valence-corrected chi connectivity index (χ1v) is 20.9. The Morgan fingerprint density at radius 2 is 2.10 bits per heavy atom. The van der Waals surface area contributed by atoms with Crippen LogP contribution in [0.4, 0.5) is 16.2 Å². The van der Waals surface area contributed by atoms with Gasteiger partial charge in [-0.2, -0.15) is 10.2 Å². The van der Waals surface area contributed by atoms with Gasteiger partial charge in [-0.05, 0) is 54.9 Å². The molecule has 23 heteroatoms. The van der Waals surface area contributed by atoms with Gasteiger partial charge >= 0.3 is 13.4 Å². The lowest BCUT2D eigenvalue weighted by atomic mass is 10.1. The first kappa shape index (κ1) is 36.9. The summed E-state index contributed by atoms with van der Waals surface area (Å²) in [6.07, 6.45) is -0.0386. The Kier molecular flexibility index (Phi) is 11.3. The lowest BCUT2D eigenvalue weighted by Crippen LogP contribution is -2.34. The molecule has 1 aliphatic heterocycles. The number of amides is 1. The van der Waals surface area contributed by atoms with Gasteiger partial charge in [0.2, 0.25) is 11.9 Å². The van der Waals surface area contributed by atoms with Crippen molar-refractivity contribution in [3.8, 4) is 6.07 Å². The van der Waals surface area contributed by atoms with Gasteiger partial charge in [0.05, 0.1) is 50.5 Å². The number of hydrogen-bond acceptors (Lipinski definition) is 16. The number of halogens is 1. The van der Waals surface area contributed by atoms with Gasteiger partial charge in [-0.15, -0.1) is 5.10 Å². The largest absolute Gasteiger partial charge is 0.364 e. The molecule has 4 N–H and O–H groups in total. The summed E-state index contributed by atoms with van der Waals surface area (Å²) in [7, 11) is 0. The van der Waals surface area contributed by atoms with E-state index in [0.29, 0.717) is 12.2 Å². The van der Waals surface area contributed by atoms with Gasteiger partial charge in [0.25, 0.3) is 5.56 Å². The molecule has 50 heavy (non-hydrogen) atoms. The van der Waals surface area contributed by atoms with Crippen molar-refractivity contribution < 1.29 is 36.7 Å². The van der Waals surface area contributed by atoms with Crippen molar-refractivity contribution in [3.05, 3.63) is 28.9 Å². The molecule has 0 aromatic carbocycles. The topological polar surface area (TPSA) is 234 Å². The normalized spacial score (nSPS) is 33.2. The van der Waals surface area contributed by atoms with E-state index in [9.17, 15) is 19.7 Å². The molecule has 3 aromatic rings. The number of carbonyl (C=O) groups is 1. The lowest BCUT2D eigenvalue weighted by Gasteiger charge is -2.30. The van der Waals surface area contributed by atoms with Crippen LogP contribution in [0.25, 0.3) is 11.2 Å². The number of fused-ring (bicyclic) bond motifs is 4. The fraction of sp³-hybridized carbons (Fsp3) is 0.630. The van der Waals surface area contributed by atoms with Crippen LogP contribution < -0.4 is 16.2 Å². The molecule has 3 fully saturated rings. The molecule has 9 atom stereocenters. The number of nitriles is 1. The van der Waals surface area contributed by atoms with Crippen molar-refractivity contribution >= 4 is 65.9 Å². The lowest BCUT2D eigenvalue weighted by molar-refractivity contribution is -0.118. The Morgan fingerprint density at radius 1 is 1.28 bits per heavy atom. The fourth-order valence-corrected chi connectivity index (χ4v) is 9.81. The number of alkyl halides is 1. The molecule has 0 spiro atoms. The van der Waals surface area contributed by atoms with Crippen molar-refractivity contribution in [3.63, 3.8) is 0 Å². The van der Waals surface area contributed by atoms with Gasteiger partial charge in [-0.25, -0.2) is 19.0 Å². The van der Waals surface area contributed by atoms with Crippen molar-refractivity contribution in [1.82, 2.24) is 34.9 Å². The number of hydrogen-bond donors (Lipinski definition) is 4. The van der Waals surface area contributed by atoms with E-state index in [1.165, 1.54) is 17.2 Å². The van der Waals surface area contributed by atoms with Gasteiger partial charge in [0, 0.05) is 18.0 Å². The summed E-state index contributed by atoms with van der Waals surface area (Å²) >= 11 is 11.2. The van der Waals surface area contributed by atoms with E-state index in [0.717, 1.165) is 0 Å². The third-order valence-corrected chi connectivity index (χ3v) is 12.5. The average molecular weight is 773 g/mol. The zero-order valence-electron chi connectivity index (χ0n) is 26.8. The van der Waals surface area contributed by atoms with Crippen LogP contribution in [0.2, 0.25) is 0 Å². The summed E-state index contributed by atoms with van der Waals surface area (Å²) in [5.41, 5.74) is -0.609. The molecule has 2 aliphatic carbocycles. The van der Waals surface area contributed by atoms with E-state index >= 15 is 4.39 Å². The Balaban J connectivity index is 1.31. The van der Waals surface area contributed by atoms with Crippen LogP contribution in [0.15, 0.2) is 23.4 Å². The zero-order valence-corrected chi connectivity index (χ0v) is 30.2. The summed E-state index contributed by atoms with van der Waals surface area (Å²) in [6.45, 7) is -4.63. The Labute approximate surface area is 295 Å². The van der Waals surface area contributed by atoms with Crippen LogP contribution >= 0.6 is 13.4 Å². The predicted octanol–water partition coefficient (Wildman–Crippen LogP) is 2.88. The van der Waals surface area contributed by atoms with Crippen molar-refractivity contribution in [2.75, 3.05) is 30.5 Å². The van der Waals surface area contributed by atoms with E-state index < -0.39 is 55.4 Å². The summed E-state index contributed by atoms with van der Waals surface area (Å²) < 4.78 is 47.6. The minimum atomic E-state index is -3.98. The number of carbonyl (C=O) groups excluding carboxylic acids is 1. The maximum atomic E-state index is 16.0. The van der Waals surface area contributed by atoms with Crippen LogP contribution in [0.3, 0.4) is 0 Å². The van der Waals surface area contributed by atoms with Gasteiger partial charge in [0.15, 0.2) is 11.2 Å². The highest BCUT2D eigenvalue weighted by molar-refractivity contribution is 8.07. The third kappa shape index (κ3) is 8.42. The molecule has 1 amide bonds. The van der Waals surface area contributed by atoms with Crippen LogP contribution in [-0.2, 0) is 51.0 Å². The van der Waals surface area contributed by atoms with Gasteiger partial charge in [0.1, 0.15) is 24.4 Å². The standard InChI is InChI=1S/C27H35FN10O8P2S2/c1-14(2)25(39)34-27-33-24-22(26(40)35-27)36-37-38(24)18-8-15-9-19(18)45-48(50,42-7-3-5-29)44-12-16-10-17(32-20-4-6-30-13-31-20)21(28)23(16)46-47(41,49)43-11-15/h4,6,13-19,21,23H,3,7-12H2,1-2H3,(H,41,49)(H,30,31,32)(H2,33,34,35,39,40)/t15-,16+,17+,18+,19+,21-,23+,47?,48-/m0/s1. The summed E-state index contributed by atoms with van der Waals surface area (Å²) in [5, 5.41) is 23.1. The molecule has 18 nitrogen and oxygen atoms in total. The molecule has 0 radical (unpaired) electrons. The Bertz CT molecular complexity index is 1900. The highest BCUT2D eigenvalue weighted by Crippen LogP contribution is 2.58. The second-order valence-electron chi connectivity index (χ2n) is 12.4. The second-order valence-corrected chi connectivity index (χ2v) is 18.2. The molecule has 4 heterocycles. The molecular formula is C27H35FN10O8P2S2. The summed E-state index contributed by atoms with van der Waals surface area (Å²) in [4.78, 5) is 51.3. The predicted molar refractivity (Wildman–Crippen MR) is 182 cm³/mol. The highest BCUT2D eigenvalue weighted by Gasteiger charge is 2.49. The van der Waals surface area contributed by atoms with Gasteiger partial charge in [-0.1, -0.05) is 19.1 Å². The quantitative estimate of drug-likeness (QED) is 0.190. The zero-order chi connectivity index (χ0) is 35.6. The van der Waals surface area contributed by atoms with Crippen LogP contribution in [0, 0.1) is 29.1 Å². The Morgan fingerprint density at radius 3 is 2.84 bits per heavy atom. The maximum Gasteiger partial charge on any atom is 0.327 e. The number of H-pyrrole nitrogens is 1. The first-order valence-electron chi connectivity index (χ1n) is 15.8. The van der Waals surface area contributed by atoms with E-state index in [2.05, 4.69) is 40.9 Å². The molecule has 270 valence electrons. The minimum Gasteiger partial charge on any atom is -0.364 e. The SMILES string of the molecule is CC(C)C(=O)Nc1nc2c(nnn2[C@@H]2C[C@@H]3COP(O)(=S)O[C@@H]4[C@@H](CO[P@@](=S)(OCCC#N)O[C@@H]2C3)C[C@@H](Nc2ccncn2)[C@@H]4F)c(=O)[nH]1. The van der Waals surface area contributed by atoms with Crippen molar-refractivity contribution in [2.24, 2.45) is 17.8 Å². The third-order valence-electron chi connectivity index (χ3n) is 8.52. The Hall–Kier alpha value is -2.89. The summed E-state index contributed by atoms with van der Waals surface area (Å²) in [5.74, 6) is -1.45. The molecule has 3 aromatic heterocycles. The smallest absolute Gasteiger partial charge is 0.327 e. The molecule has 1 saturated heterocycles. The molecule has 3 aliphatic rings. The number of nitrogens with one attached hydrogen (secondary N) is 3. The molecule has 2 saturated carbocycles.